The van der Waals surface area contributed by atoms with Crippen molar-refractivity contribution in [1.29, 1.82) is 0 Å². The molecule has 8 heteroatoms. The first-order valence-corrected chi connectivity index (χ1v) is 15.1. The Balaban J connectivity index is 1.26. The van der Waals surface area contributed by atoms with Crippen molar-refractivity contribution in [3.63, 3.8) is 0 Å². The first-order valence-electron chi connectivity index (χ1n) is 13.5. The highest BCUT2D eigenvalue weighted by Gasteiger charge is 2.28. The molecular weight excluding hydrogens is 520 g/mol. The average molecular weight is 553 g/mol. The molecule has 0 spiro atoms. The van der Waals surface area contributed by atoms with Crippen molar-refractivity contribution in [3.8, 4) is 0 Å². The highest BCUT2D eigenvalue weighted by atomic mass is 32.2. The number of amides is 1. The zero-order chi connectivity index (χ0) is 27.6. The van der Waals surface area contributed by atoms with Gasteiger partial charge in [0, 0.05) is 55.0 Å². The molecule has 7 nitrogen and oxygen atoms in total. The summed E-state index contributed by atoms with van der Waals surface area (Å²) < 4.78 is 14.1. The van der Waals surface area contributed by atoms with E-state index < -0.39 is 10.8 Å². The van der Waals surface area contributed by atoms with Crippen molar-refractivity contribution in [2.75, 3.05) is 19.4 Å². The average Bonchev–Trinajstić information content (AvgIpc) is 3.33. The monoisotopic (exact) mass is 552 g/mol. The van der Waals surface area contributed by atoms with Crippen LogP contribution in [0, 0.1) is 0 Å². The number of hydrogen-bond donors (Lipinski definition) is 2. The number of aromatic nitrogens is 2. The molecule has 4 aromatic carbocycles. The van der Waals surface area contributed by atoms with Gasteiger partial charge in [0.1, 0.15) is 0 Å². The van der Waals surface area contributed by atoms with Crippen LogP contribution in [-0.4, -0.2) is 49.3 Å². The summed E-state index contributed by atoms with van der Waals surface area (Å²) >= 11 is 0. The normalized spacial score (nSPS) is 14.3. The van der Waals surface area contributed by atoms with Crippen LogP contribution in [0.15, 0.2) is 83.8 Å². The van der Waals surface area contributed by atoms with Gasteiger partial charge in [-0.15, -0.1) is 0 Å². The molecule has 1 atom stereocenters. The molecule has 1 unspecified atom stereocenters. The summed E-state index contributed by atoms with van der Waals surface area (Å²) in [6.45, 7) is 2.84. The van der Waals surface area contributed by atoms with Crippen LogP contribution in [0.4, 0.5) is 0 Å². The molecule has 6 rings (SSSR count). The number of nitrogens with one attached hydrogen (secondary N) is 1. The smallest absolute Gasteiger partial charge is 0.272 e. The lowest BCUT2D eigenvalue weighted by Crippen LogP contribution is -2.32. The lowest BCUT2D eigenvalue weighted by atomic mass is 10.0. The van der Waals surface area contributed by atoms with Gasteiger partial charge in [-0.2, -0.15) is 5.10 Å². The first-order chi connectivity index (χ1) is 19.5. The van der Waals surface area contributed by atoms with Gasteiger partial charge in [0.05, 0.1) is 24.0 Å². The summed E-state index contributed by atoms with van der Waals surface area (Å²) in [5.41, 5.74) is 4.58. The van der Waals surface area contributed by atoms with Crippen LogP contribution in [0.3, 0.4) is 0 Å². The van der Waals surface area contributed by atoms with Crippen LogP contribution in [0.2, 0.25) is 0 Å². The Kier molecular flexibility index (Phi) is 7.47. The lowest BCUT2D eigenvalue weighted by molar-refractivity contribution is 0.0942. The van der Waals surface area contributed by atoms with Crippen LogP contribution in [-0.2, 0) is 43.4 Å². The number of hydrogen-bond acceptors (Lipinski definition) is 5. The Bertz CT molecular complexity index is 1740. The molecule has 0 aliphatic carbocycles. The molecule has 0 bridgehead atoms. The lowest BCUT2D eigenvalue weighted by Gasteiger charge is -2.28. The molecule has 0 radical (unpaired) electrons. The maximum Gasteiger partial charge on any atom is 0.272 e. The predicted octanol–water partition coefficient (Wildman–Crippen LogP) is 4.41. The van der Waals surface area contributed by atoms with E-state index in [0.29, 0.717) is 31.9 Å². The number of carbonyl (C=O) groups is 1. The predicted molar refractivity (Wildman–Crippen MR) is 159 cm³/mol. The molecule has 2 heterocycles. The van der Waals surface area contributed by atoms with E-state index in [9.17, 15) is 14.1 Å². The number of rotatable bonds is 8. The number of aliphatic hydroxyl groups excluding tert-OH is 1. The van der Waals surface area contributed by atoms with Gasteiger partial charge in [-0.1, -0.05) is 72.8 Å². The fraction of sp³-hybridized carbons (Fsp3) is 0.250. The van der Waals surface area contributed by atoms with Crippen LogP contribution < -0.4 is 5.32 Å². The minimum Gasteiger partial charge on any atom is -0.394 e. The summed E-state index contributed by atoms with van der Waals surface area (Å²) in [6, 6.07) is 26.4. The van der Waals surface area contributed by atoms with E-state index in [1.54, 1.807) is 10.9 Å². The maximum absolute atomic E-state index is 13.5. The van der Waals surface area contributed by atoms with Gasteiger partial charge in [0.25, 0.3) is 5.91 Å². The molecule has 204 valence electrons. The third kappa shape index (κ3) is 5.06. The van der Waals surface area contributed by atoms with Crippen molar-refractivity contribution in [3.05, 3.63) is 107 Å². The van der Waals surface area contributed by atoms with Crippen LogP contribution in [0.1, 0.15) is 32.9 Å². The van der Waals surface area contributed by atoms with Crippen LogP contribution >= 0.6 is 0 Å². The third-order valence-corrected chi connectivity index (χ3v) is 8.71. The molecule has 1 aliphatic rings. The first kappa shape index (κ1) is 26.4. The number of benzene rings is 4. The fourth-order valence-corrected chi connectivity index (χ4v) is 6.56. The van der Waals surface area contributed by atoms with Gasteiger partial charge in [-0.3, -0.25) is 18.6 Å². The van der Waals surface area contributed by atoms with Gasteiger partial charge in [0.15, 0.2) is 5.69 Å². The highest BCUT2D eigenvalue weighted by Crippen LogP contribution is 2.29. The topological polar surface area (TPSA) is 87.5 Å². The van der Waals surface area contributed by atoms with E-state index in [0.717, 1.165) is 61.8 Å². The van der Waals surface area contributed by atoms with Gasteiger partial charge < -0.3 is 10.4 Å². The minimum absolute atomic E-state index is 0.0357. The molecule has 0 fully saturated rings. The summed E-state index contributed by atoms with van der Waals surface area (Å²) in [5, 5.41) is 21.8. The standard InChI is InChI=1S/C32H32N4O3S/c1-40(39)30-14-13-24(26-11-4-5-12-27(26)30)20-35-16-15-29-28(21-35)31(34-36(29)17-18-37)32(38)33-19-23-9-6-8-22-7-2-3-10-25(22)23/h2-14,37H,15-21H2,1H3,(H,33,38). The van der Waals surface area contributed by atoms with E-state index in [1.165, 1.54) is 0 Å². The van der Waals surface area contributed by atoms with Crippen molar-refractivity contribution in [1.82, 2.24) is 20.0 Å². The Labute approximate surface area is 235 Å². The molecule has 0 saturated heterocycles. The van der Waals surface area contributed by atoms with E-state index >= 15 is 0 Å². The van der Waals surface area contributed by atoms with E-state index in [1.807, 2.05) is 48.5 Å². The number of fused-ring (bicyclic) bond motifs is 3. The van der Waals surface area contributed by atoms with Crippen LogP contribution in [0.5, 0.6) is 0 Å². The van der Waals surface area contributed by atoms with Gasteiger partial charge in [-0.05, 0) is 38.7 Å². The fourth-order valence-electron chi connectivity index (χ4n) is 5.81. The molecule has 1 aliphatic heterocycles. The SMILES string of the molecule is CS(=O)c1ccc(CN2CCc3c(c(C(=O)NCc4cccc5ccccc45)nn3CCO)C2)c2ccccc12. The summed E-state index contributed by atoms with van der Waals surface area (Å²) in [4.78, 5) is 16.7. The zero-order valence-electron chi connectivity index (χ0n) is 22.5. The van der Waals surface area contributed by atoms with Crippen molar-refractivity contribution in [2.45, 2.75) is 37.5 Å². The molecule has 1 amide bonds. The van der Waals surface area contributed by atoms with Crippen molar-refractivity contribution < 1.29 is 14.1 Å². The Hall–Kier alpha value is -3.85. The van der Waals surface area contributed by atoms with Gasteiger partial charge >= 0.3 is 0 Å². The molecular formula is C32H32N4O3S. The molecule has 1 aromatic heterocycles. The number of aliphatic hydroxyl groups is 1. The van der Waals surface area contributed by atoms with E-state index in [-0.39, 0.29) is 12.5 Å². The van der Waals surface area contributed by atoms with E-state index in [4.69, 9.17) is 0 Å². The second-order valence-electron chi connectivity index (χ2n) is 10.2. The van der Waals surface area contributed by atoms with Gasteiger partial charge in [0.2, 0.25) is 0 Å². The van der Waals surface area contributed by atoms with Crippen molar-refractivity contribution in [2.24, 2.45) is 0 Å². The largest absolute Gasteiger partial charge is 0.394 e. The number of carbonyl (C=O) groups excluding carboxylic acids is 1. The Morgan fingerprint density at radius 3 is 2.50 bits per heavy atom. The van der Waals surface area contributed by atoms with Gasteiger partial charge in [-0.25, -0.2) is 0 Å². The highest BCUT2D eigenvalue weighted by molar-refractivity contribution is 7.84. The second-order valence-corrected chi connectivity index (χ2v) is 11.6. The summed E-state index contributed by atoms with van der Waals surface area (Å²) in [6.07, 6.45) is 2.46. The summed E-state index contributed by atoms with van der Waals surface area (Å²) in [7, 11) is -1.07. The Morgan fingerprint density at radius 1 is 0.950 bits per heavy atom. The third-order valence-electron chi connectivity index (χ3n) is 7.74. The zero-order valence-corrected chi connectivity index (χ0v) is 23.3. The van der Waals surface area contributed by atoms with E-state index in [2.05, 4.69) is 45.6 Å². The van der Waals surface area contributed by atoms with Crippen molar-refractivity contribution >= 4 is 38.3 Å². The molecule has 2 N–H and O–H groups in total. The van der Waals surface area contributed by atoms with Crippen LogP contribution in [0.25, 0.3) is 21.5 Å². The second kappa shape index (κ2) is 11.3. The maximum atomic E-state index is 13.5. The molecule has 40 heavy (non-hydrogen) atoms. The molecule has 5 aromatic rings. The quantitative estimate of drug-likeness (QED) is 0.298. The molecule has 0 saturated carbocycles. The summed E-state index contributed by atoms with van der Waals surface area (Å²) in [5.74, 6) is -0.206. The Morgan fingerprint density at radius 2 is 1.70 bits per heavy atom. The number of nitrogens with zero attached hydrogens (tertiary/aromatic N) is 3. The minimum atomic E-state index is -1.07.